The summed E-state index contributed by atoms with van der Waals surface area (Å²) in [6.07, 6.45) is 2.01. The van der Waals surface area contributed by atoms with Gasteiger partial charge in [0.2, 0.25) is 10.0 Å². The van der Waals surface area contributed by atoms with E-state index in [9.17, 15) is 13.2 Å². The van der Waals surface area contributed by atoms with E-state index in [1.54, 1.807) is 16.2 Å². The summed E-state index contributed by atoms with van der Waals surface area (Å²) >= 11 is 1.68. The predicted octanol–water partition coefficient (Wildman–Crippen LogP) is 0.966. The Morgan fingerprint density at radius 3 is 2.57 bits per heavy atom. The molecule has 2 heterocycles. The van der Waals surface area contributed by atoms with Crippen LogP contribution in [0.3, 0.4) is 0 Å². The maximum absolute atomic E-state index is 12.1. The van der Waals surface area contributed by atoms with E-state index in [1.807, 2.05) is 18.4 Å². The van der Waals surface area contributed by atoms with Crippen LogP contribution in [0.5, 0.6) is 0 Å². The maximum Gasteiger partial charge on any atom is 0.317 e. The second-order valence-electron chi connectivity index (χ2n) is 5.28. The lowest BCUT2D eigenvalue weighted by molar-refractivity contribution is 0.170. The highest BCUT2D eigenvalue weighted by atomic mass is 32.2. The van der Waals surface area contributed by atoms with Gasteiger partial charge < -0.3 is 10.2 Å². The molecule has 2 rings (SSSR count). The Morgan fingerprint density at radius 1 is 1.38 bits per heavy atom. The SMILES string of the molecule is CC(Cc1cccs1)NC(=O)N1CCN(S(C)(=O)=O)CC1. The van der Waals surface area contributed by atoms with Gasteiger partial charge in [0.25, 0.3) is 0 Å². The molecule has 1 fully saturated rings. The van der Waals surface area contributed by atoms with E-state index < -0.39 is 10.0 Å². The highest BCUT2D eigenvalue weighted by Crippen LogP contribution is 2.11. The Kier molecular flexibility index (Phi) is 5.23. The van der Waals surface area contributed by atoms with Crippen LogP contribution in [0.4, 0.5) is 4.79 Å². The first-order valence-electron chi connectivity index (χ1n) is 6.89. The van der Waals surface area contributed by atoms with E-state index in [0.717, 1.165) is 6.42 Å². The molecule has 0 aromatic carbocycles. The van der Waals surface area contributed by atoms with E-state index in [1.165, 1.54) is 15.4 Å². The summed E-state index contributed by atoms with van der Waals surface area (Å²) in [5.41, 5.74) is 0. The lowest BCUT2D eigenvalue weighted by Crippen LogP contribution is -2.54. The van der Waals surface area contributed by atoms with Gasteiger partial charge in [-0.1, -0.05) is 6.07 Å². The molecule has 1 aliphatic rings. The van der Waals surface area contributed by atoms with Crippen LogP contribution < -0.4 is 5.32 Å². The first-order valence-corrected chi connectivity index (χ1v) is 9.62. The van der Waals surface area contributed by atoms with Gasteiger partial charge in [-0.05, 0) is 18.4 Å². The topological polar surface area (TPSA) is 69.7 Å². The summed E-state index contributed by atoms with van der Waals surface area (Å²) in [7, 11) is -3.16. The van der Waals surface area contributed by atoms with E-state index in [0.29, 0.717) is 26.2 Å². The van der Waals surface area contributed by atoms with Crippen molar-refractivity contribution in [1.82, 2.24) is 14.5 Å². The zero-order valence-electron chi connectivity index (χ0n) is 12.3. The number of urea groups is 1. The zero-order chi connectivity index (χ0) is 15.5. The summed E-state index contributed by atoms with van der Waals surface area (Å²) in [6, 6.07) is 3.99. The third-order valence-corrected chi connectivity index (χ3v) is 5.65. The Hall–Kier alpha value is -1.12. The average molecular weight is 331 g/mol. The van der Waals surface area contributed by atoms with Crippen LogP contribution in [0.25, 0.3) is 0 Å². The number of nitrogens with one attached hydrogen (secondary N) is 1. The van der Waals surface area contributed by atoms with E-state index in [2.05, 4.69) is 11.4 Å². The standard InChI is InChI=1S/C13H21N3O3S2/c1-11(10-12-4-3-9-20-12)14-13(17)15-5-7-16(8-6-15)21(2,18)19/h3-4,9,11H,5-8,10H2,1-2H3,(H,14,17). The summed E-state index contributed by atoms with van der Waals surface area (Å²) in [5, 5.41) is 4.99. The van der Waals surface area contributed by atoms with Crippen LogP contribution in [0, 0.1) is 0 Å². The average Bonchev–Trinajstić information content (AvgIpc) is 2.90. The van der Waals surface area contributed by atoms with Crippen molar-refractivity contribution in [2.45, 2.75) is 19.4 Å². The molecule has 0 radical (unpaired) electrons. The van der Waals surface area contributed by atoms with E-state index >= 15 is 0 Å². The molecular weight excluding hydrogens is 310 g/mol. The second-order valence-corrected chi connectivity index (χ2v) is 8.30. The number of carbonyl (C=O) groups is 1. The van der Waals surface area contributed by atoms with E-state index in [-0.39, 0.29) is 12.1 Å². The molecule has 0 saturated carbocycles. The number of piperazine rings is 1. The quantitative estimate of drug-likeness (QED) is 0.894. The number of rotatable bonds is 4. The van der Waals surface area contributed by atoms with Crippen LogP contribution >= 0.6 is 11.3 Å². The summed E-state index contributed by atoms with van der Waals surface area (Å²) in [4.78, 5) is 15.1. The van der Waals surface area contributed by atoms with Crippen molar-refractivity contribution in [1.29, 1.82) is 0 Å². The van der Waals surface area contributed by atoms with Crippen LogP contribution in [-0.4, -0.2) is 62.1 Å². The largest absolute Gasteiger partial charge is 0.335 e. The lowest BCUT2D eigenvalue weighted by atomic mass is 10.2. The molecule has 8 heteroatoms. The molecule has 1 aliphatic heterocycles. The van der Waals surface area contributed by atoms with Gasteiger partial charge in [0.15, 0.2) is 0 Å². The highest BCUT2D eigenvalue weighted by Gasteiger charge is 2.26. The minimum absolute atomic E-state index is 0.0593. The lowest BCUT2D eigenvalue weighted by Gasteiger charge is -2.33. The van der Waals surface area contributed by atoms with Gasteiger partial charge in [-0.2, -0.15) is 4.31 Å². The van der Waals surface area contributed by atoms with Gasteiger partial charge in [-0.3, -0.25) is 0 Å². The minimum Gasteiger partial charge on any atom is -0.335 e. The van der Waals surface area contributed by atoms with Crippen LogP contribution in [-0.2, 0) is 16.4 Å². The number of thiophene rings is 1. The first kappa shape index (κ1) is 16.3. The van der Waals surface area contributed by atoms with Gasteiger partial charge in [-0.25, -0.2) is 13.2 Å². The molecule has 0 spiro atoms. The van der Waals surface area contributed by atoms with Gasteiger partial charge >= 0.3 is 6.03 Å². The maximum atomic E-state index is 12.1. The smallest absolute Gasteiger partial charge is 0.317 e. The molecule has 0 aliphatic carbocycles. The molecule has 21 heavy (non-hydrogen) atoms. The van der Waals surface area contributed by atoms with Crippen LogP contribution in [0.15, 0.2) is 17.5 Å². The third kappa shape index (κ3) is 4.69. The van der Waals surface area contributed by atoms with Gasteiger partial charge in [-0.15, -0.1) is 11.3 Å². The van der Waals surface area contributed by atoms with Crippen molar-refractivity contribution in [2.75, 3.05) is 32.4 Å². The fourth-order valence-electron chi connectivity index (χ4n) is 2.31. The number of sulfonamides is 1. The van der Waals surface area contributed by atoms with Crippen molar-refractivity contribution in [2.24, 2.45) is 0 Å². The highest BCUT2D eigenvalue weighted by molar-refractivity contribution is 7.88. The molecule has 1 N–H and O–H groups in total. The monoisotopic (exact) mass is 331 g/mol. The van der Waals surface area contributed by atoms with Crippen molar-refractivity contribution in [3.63, 3.8) is 0 Å². The van der Waals surface area contributed by atoms with Crippen molar-refractivity contribution in [3.05, 3.63) is 22.4 Å². The molecule has 1 saturated heterocycles. The van der Waals surface area contributed by atoms with Crippen molar-refractivity contribution < 1.29 is 13.2 Å². The Balaban J connectivity index is 1.79. The van der Waals surface area contributed by atoms with Gasteiger partial charge in [0.1, 0.15) is 0 Å². The fourth-order valence-corrected chi connectivity index (χ4v) is 3.97. The Morgan fingerprint density at radius 2 is 2.05 bits per heavy atom. The molecule has 1 atom stereocenters. The fraction of sp³-hybridized carbons (Fsp3) is 0.615. The first-order chi connectivity index (χ1) is 9.86. The normalized spacial score (nSPS) is 18.5. The number of nitrogens with zero attached hydrogens (tertiary/aromatic N) is 2. The summed E-state index contributed by atoms with van der Waals surface area (Å²) in [6.45, 7) is 3.58. The number of hydrogen-bond acceptors (Lipinski definition) is 4. The molecule has 1 aromatic heterocycles. The summed E-state index contributed by atoms with van der Waals surface area (Å²) < 4.78 is 24.3. The zero-order valence-corrected chi connectivity index (χ0v) is 13.9. The molecule has 118 valence electrons. The number of amides is 2. The molecular formula is C13H21N3O3S2. The number of hydrogen-bond donors (Lipinski definition) is 1. The predicted molar refractivity (Wildman–Crippen MR) is 84.0 cm³/mol. The van der Waals surface area contributed by atoms with Crippen LogP contribution in [0.1, 0.15) is 11.8 Å². The number of carbonyl (C=O) groups excluding carboxylic acids is 1. The summed E-state index contributed by atoms with van der Waals surface area (Å²) in [5.74, 6) is 0. The molecule has 1 aromatic rings. The molecule has 2 amide bonds. The van der Waals surface area contributed by atoms with Crippen molar-refractivity contribution in [3.8, 4) is 0 Å². The second kappa shape index (κ2) is 6.76. The Bertz CT molecular complexity index is 563. The van der Waals surface area contributed by atoms with Crippen molar-refractivity contribution >= 4 is 27.4 Å². The third-order valence-electron chi connectivity index (χ3n) is 3.45. The minimum atomic E-state index is -3.16. The van der Waals surface area contributed by atoms with E-state index in [4.69, 9.17) is 0 Å². The van der Waals surface area contributed by atoms with Gasteiger partial charge in [0, 0.05) is 43.5 Å². The Labute approximate surface area is 129 Å². The molecule has 6 nitrogen and oxygen atoms in total. The molecule has 0 bridgehead atoms. The molecule has 1 unspecified atom stereocenters. The van der Waals surface area contributed by atoms with Gasteiger partial charge in [0.05, 0.1) is 6.26 Å². The van der Waals surface area contributed by atoms with Crippen LogP contribution in [0.2, 0.25) is 0 Å².